The van der Waals surface area contributed by atoms with Gasteiger partial charge in [-0.15, -0.1) is 0 Å². The van der Waals surface area contributed by atoms with Crippen molar-refractivity contribution in [1.82, 2.24) is 15.0 Å². The fourth-order valence-corrected chi connectivity index (χ4v) is 4.23. The van der Waals surface area contributed by atoms with E-state index in [-0.39, 0.29) is 11.3 Å². The van der Waals surface area contributed by atoms with Crippen molar-refractivity contribution in [3.8, 4) is 0 Å². The van der Waals surface area contributed by atoms with Gasteiger partial charge in [0.15, 0.2) is 5.16 Å². The number of nitrogens with zero attached hydrogens (tertiary/aromatic N) is 3. The van der Waals surface area contributed by atoms with Gasteiger partial charge in [-0.05, 0) is 35.9 Å². The van der Waals surface area contributed by atoms with Gasteiger partial charge in [-0.1, -0.05) is 65.8 Å². The Balaban J connectivity index is 1.45. The maximum absolute atomic E-state index is 13.1. The fraction of sp³-hybridized carbons (Fsp3) is 0.125. The van der Waals surface area contributed by atoms with Crippen LogP contribution in [0.25, 0.3) is 11.0 Å². The summed E-state index contributed by atoms with van der Waals surface area (Å²) < 4.78 is 41.2. The number of para-hydroxylation sites is 2. The molecule has 0 atom stereocenters. The van der Waals surface area contributed by atoms with Crippen LogP contribution in [0.1, 0.15) is 16.7 Å². The lowest BCUT2D eigenvalue weighted by atomic mass is 10.1. The van der Waals surface area contributed by atoms with Gasteiger partial charge in [0.1, 0.15) is 0 Å². The fourth-order valence-electron chi connectivity index (χ4n) is 3.29. The number of thioether (sulfide) groups is 1. The molecule has 10 heteroatoms. The molecule has 3 aromatic carbocycles. The number of hydrogen-bond acceptors (Lipinski definition) is 4. The summed E-state index contributed by atoms with van der Waals surface area (Å²) in [5.74, 6) is -0.474. The average molecular weight is 503 g/mol. The van der Waals surface area contributed by atoms with E-state index in [0.717, 1.165) is 28.9 Å². The average Bonchev–Trinajstić information content (AvgIpc) is 3.16. The second kappa shape index (κ2) is 10.3. The number of aromatic nitrogens is 2. The van der Waals surface area contributed by atoms with E-state index in [9.17, 15) is 18.0 Å². The molecule has 0 bridgehead atoms. The van der Waals surface area contributed by atoms with Crippen molar-refractivity contribution in [2.24, 2.45) is 5.10 Å². The van der Waals surface area contributed by atoms with Crippen LogP contribution >= 0.6 is 23.4 Å². The Bertz CT molecular complexity index is 1340. The molecular weight excluding hydrogens is 485 g/mol. The van der Waals surface area contributed by atoms with Crippen LogP contribution in [-0.4, -0.2) is 27.4 Å². The van der Waals surface area contributed by atoms with Gasteiger partial charge in [0.2, 0.25) is 0 Å². The number of hydrogen-bond donors (Lipinski definition) is 1. The minimum Gasteiger partial charge on any atom is -0.314 e. The number of hydrazone groups is 1. The predicted octanol–water partition coefficient (Wildman–Crippen LogP) is 6.00. The van der Waals surface area contributed by atoms with Gasteiger partial charge in [0.25, 0.3) is 5.91 Å². The standard InChI is InChI=1S/C24H18ClF3N4OS/c25-18-11-9-16(10-12-18)14-32-21-8-4-3-7-20(21)30-23(32)34-15-22(33)31-29-13-17-5-1-2-6-19(17)24(26,27)28/h1-13H,14-15H2,(H,31,33)/b29-13-. The van der Waals surface area contributed by atoms with Crippen LogP contribution in [0.5, 0.6) is 0 Å². The highest BCUT2D eigenvalue weighted by atomic mass is 35.5. The maximum Gasteiger partial charge on any atom is 0.417 e. The van der Waals surface area contributed by atoms with E-state index >= 15 is 0 Å². The number of imidazole rings is 1. The molecule has 0 spiro atoms. The molecule has 34 heavy (non-hydrogen) atoms. The Morgan fingerprint density at radius 1 is 1.06 bits per heavy atom. The highest BCUT2D eigenvalue weighted by Gasteiger charge is 2.32. The van der Waals surface area contributed by atoms with Gasteiger partial charge >= 0.3 is 6.18 Å². The lowest BCUT2D eigenvalue weighted by Crippen LogP contribution is -2.20. The summed E-state index contributed by atoms with van der Waals surface area (Å²) in [6.07, 6.45) is -3.52. The van der Waals surface area contributed by atoms with Gasteiger partial charge in [0, 0.05) is 10.6 Å². The third kappa shape index (κ3) is 5.78. The number of fused-ring (bicyclic) bond motifs is 1. The van der Waals surface area contributed by atoms with E-state index in [0.29, 0.717) is 16.7 Å². The molecule has 1 heterocycles. The Morgan fingerprint density at radius 2 is 1.76 bits per heavy atom. The highest BCUT2D eigenvalue weighted by Crippen LogP contribution is 2.31. The summed E-state index contributed by atoms with van der Waals surface area (Å²) in [5.41, 5.74) is 4.06. The first kappa shape index (κ1) is 23.8. The summed E-state index contributed by atoms with van der Waals surface area (Å²) in [6, 6.07) is 20.1. The number of rotatable bonds is 7. The van der Waals surface area contributed by atoms with Crippen LogP contribution in [0, 0.1) is 0 Å². The SMILES string of the molecule is O=C(CSc1nc2ccccc2n1Cc1ccc(Cl)cc1)N/N=C\c1ccccc1C(F)(F)F. The van der Waals surface area contributed by atoms with Crippen LogP contribution in [0.3, 0.4) is 0 Å². The first-order chi connectivity index (χ1) is 16.3. The molecule has 0 aliphatic heterocycles. The van der Waals surface area contributed by atoms with Gasteiger partial charge in [0.05, 0.1) is 35.1 Å². The molecule has 4 aromatic rings. The summed E-state index contributed by atoms with van der Waals surface area (Å²) in [4.78, 5) is 16.9. The van der Waals surface area contributed by atoms with Gasteiger partial charge < -0.3 is 4.57 Å². The zero-order valence-corrected chi connectivity index (χ0v) is 19.2. The Labute approximate surface area is 202 Å². The van der Waals surface area contributed by atoms with Crippen molar-refractivity contribution in [3.63, 3.8) is 0 Å². The zero-order valence-electron chi connectivity index (χ0n) is 17.6. The molecule has 0 unspecified atom stereocenters. The number of benzene rings is 3. The van der Waals surface area contributed by atoms with Gasteiger partial charge in [-0.2, -0.15) is 18.3 Å². The number of carbonyl (C=O) groups excluding carboxylic acids is 1. The highest BCUT2D eigenvalue weighted by molar-refractivity contribution is 7.99. The molecule has 4 rings (SSSR count). The van der Waals surface area contributed by atoms with Crippen LogP contribution in [0.4, 0.5) is 13.2 Å². The molecule has 0 saturated carbocycles. The van der Waals surface area contributed by atoms with E-state index in [1.165, 1.54) is 30.0 Å². The van der Waals surface area contributed by atoms with Crippen LogP contribution in [-0.2, 0) is 17.5 Å². The monoisotopic (exact) mass is 502 g/mol. The molecule has 0 fully saturated rings. The van der Waals surface area contributed by atoms with Crippen molar-refractivity contribution < 1.29 is 18.0 Å². The molecule has 0 radical (unpaired) electrons. The first-order valence-corrected chi connectivity index (χ1v) is 11.5. The maximum atomic E-state index is 13.1. The van der Waals surface area contributed by atoms with E-state index in [2.05, 4.69) is 15.5 Å². The summed E-state index contributed by atoms with van der Waals surface area (Å²) in [7, 11) is 0. The molecule has 1 N–H and O–H groups in total. The smallest absolute Gasteiger partial charge is 0.314 e. The second-order valence-electron chi connectivity index (χ2n) is 7.26. The molecule has 1 aromatic heterocycles. The molecule has 5 nitrogen and oxygen atoms in total. The minimum atomic E-state index is -4.51. The van der Waals surface area contributed by atoms with E-state index < -0.39 is 17.6 Å². The van der Waals surface area contributed by atoms with Crippen LogP contribution in [0.2, 0.25) is 5.02 Å². The topological polar surface area (TPSA) is 59.3 Å². The summed E-state index contributed by atoms with van der Waals surface area (Å²) >= 11 is 7.20. The van der Waals surface area contributed by atoms with Gasteiger partial charge in [-0.25, -0.2) is 10.4 Å². The number of halogens is 4. The van der Waals surface area contributed by atoms with Crippen molar-refractivity contribution >= 4 is 46.5 Å². The zero-order chi connectivity index (χ0) is 24.1. The molecule has 1 amide bonds. The number of carbonyl (C=O) groups is 1. The van der Waals surface area contributed by atoms with Crippen LogP contribution < -0.4 is 5.43 Å². The van der Waals surface area contributed by atoms with E-state index in [4.69, 9.17) is 11.6 Å². The quantitative estimate of drug-likeness (QED) is 0.191. The largest absolute Gasteiger partial charge is 0.417 e. The molecule has 174 valence electrons. The Kier molecular flexibility index (Phi) is 7.23. The van der Waals surface area contributed by atoms with Crippen molar-refractivity contribution in [2.75, 3.05) is 5.75 Å². The molecule has 0 saturated heterocycles. The third-order valence-electron chi connectivity index (χ3n) is 4.86. The van der Waals surface area contributed by atoms with E-state index in [1.807, 2.05) is 53.1 Å². The molecule has 0 aliphatic rings. The van der Waals surface area contributed by atoms with Crippen molar-refractivity contribution in [3.05, 3.63) is 94.5 Å². The first-order valence-electron chi connectivity index (χ1n) is 10.1. The van der Waals surface area contributed by atoms with Crippen molar-refractivity contribution in [1.29, 1.82) is 0 Å². The second-order valence-corrected chi connectivity index (χ2v) is 8.64. The Hall–Kier alpha value is -3.30. The third-order valence-corrected chi connectivity index (χ3v) is 6.09. The van der Waals surface area contributed by atoms with Gasteiger partial charge in [-0.3, -0.25) is 4.79 Å². The summed E-state index contributed by atoms with van der Waals surface area (Å²) in [6.45, 7) is 0.536. The lowest BCUT2D eigenvalue weighted by Gasteiger charge is -2.10. The van der Waals surface area contributed by atoms with E-state index in [1.54, 1.807) is 0 Å². The normalized spacial score (nSPS) is 11.9. The number of alkyl halides is 3. The molecule has 0 aliphatic carbocycles. The molecular formula is C24H18ClF3N4OS. The minimum absolute atomic E-state index is 0.0117. The van der Waals surface area contributed by atoms with Crippen molar-refractivity contribution in [2.45, 2.75) is 17.9 Å². The predicted molar refractivity (Wildman–Crippen MR) is 128 cm³/mol. The van der Waals surface area contributed by atoms with Crippen LogP contribution in [0.15, 0.2) is 83.1 Å². The summed E-state index contributed by atoms with van der Waals surface area (Å²) in [5, 5.41) is 4.97. The number of nitrogens with one attached hydrogen (secondary N) is 1. The Morgan fingerprint density at radius 3 is 2.53 bits per heavy atom. The number of amides is 1. The lowest BCUT2D eigenvalue weighted by molar-refractivity contribution is -0.137.